The lowest BCUT2D eigenvalue weighted by molar-refractivity contribution is -0.147. The van der Waals surface area contributed by atoms with Gasteiger partial charge in [-0.3, -0.25) is 4.79 Å². The SMILES string of the molecule is CCC(C(=O)O)[C@@]12CCCN[C@]1(C)CCc1ccccc12. The first kappa shape index (κ1) is 14.6. The van der Waals surface area contributed by atoms with Gasteiger partial charge < -0.3 is 10.4 Å². The standard InChI is InChI=1S/C18H25NO2/c1-3-14(16(20)21)18-10-6-12-19-17(18,2)11-9-13-7-4-5-8-15(13)18/h4-5,7-8,14,19H,3,6,9-12H2,1-2H3,(H,20,21)/t14?,17-,18-/m1/s1. The fourth-order valence-electron chi connectivity index (χ4n) is 4.95. The summed E-state index contributed by atoms with van der Waals surface area (Å²) in [6.45, 7) is 5.25. The maximum atomic E-state index is 12.0. The van der Waals surface area contributed by atoms with E-state index in [9.17, 15) is 9.90 Å². The Morgan fingerprint density at radius 3 is 2.86 bits per heavy atom. The Labute approximate surface area is 126 Å². The van der Waals surface area contributed by atoms with Gasteiger partial charge >= 0.3 is 5.97 Å². The number of hydrogen-bond acceptors (Lipinski definition) is 2. The summed E-state index contributed by atoms with van der Waals surface area (Å²) in [5.74, 6) is -0.971. The third kappa shape index (κ3) is 1.94. The Morgan fingerprint density at radius 1 is 1.38 bits per heavy atom. The van der Waals surface area contributed by atoms with Gasteiger partial charge in [-0.25, -0.2) is 0 Å². The number of aliphatic carboxylic acids is 1. The average Bonchev–Trinajstić information content (AvgIpc) is 2.48. The zero-order chi connectivity index (χ0) is 15.1. The van der Waals surface area contributed by atoms with Crippen molar-refractivity contribution in [1.29, 1.82) is 0 Å². The fourth-order valence-corrected chi connectivity index (χ4v) is 4.95. The van der Waals surface area contributed by atoms with Crippen LogP contribution in [0.1, 0.15) is 50.7 Å². The van der Waals surface area contributed by atoms with Crippen LogP contribution in [0.3, 0.4) is 0 Å². The maximum absolute atomic E-state index is 12.0. The largest absolute Gasteiger partial charge is 0.481 e. The molecule has 1 aliphatic carbocycles. The molecule has 0 spiro atoms. The Balaban J connectivity index is 2.24. The lowest BCUT2D eigenvalue weighted by Gasteiger charge is -2.58. The fraction of sp³-hybridized carbons (Fsp3) is 0.611. The van der Waals surface area contributed by atoms with Crippen LogP contribution in [0, 0.1) is 5.92 Å². The number of rotatable bonds is 3. The summed E-state index contributed by atoms with van der Waals surface area (Å²) in [7, 11) is 0. The number of carbonyl (C=O) groups is 1. The van der Waals surface area contributed by atoms with Crippen molar-refractivity contribution in [2.45, 2.75) is 56.9 Å². The van der Waals surface area contributed by atoms with Crippen LogP contribution in [0.5, 0.6) is 0 Å². The molecule has 3 heteroatoms. The second-order valence-electron chi connectivity index (χ2n) is 6.79. The van der Waals surface area contributed by atoms with Crippen molar-refractivity contribution in [1.82, 2.24) is 5.32 Å². The van der Waals surface area contributed by atoms with Gasteiger partial charge in [0.2, 0.25) is 0 Å². The highest BCUT2D eigenvalue weighted by molar-refractivity contribution is 5.73. The number of carboxylic acid groups (broad SMARTS) is 1. The molecule has 2 N–H and O–H groups in total. The number of nitrogens with one attached hydrogen (secondary N) is 1. The Hall–Kier alpha value is -1.35. The van der Waals surface area contributed by atoms with E-state index in [1.54, 1.807) is 0 Å². The third-order valence-corrected chi connectivity index (χ3v) is 5.94. The van der Waals surface area contributed by atoms with Gasteiger partial charge in [-0.05, 0) is 56.7 Å². The second-order valence-corrected chi connectivity index (χ2v) is 6.79. The highest BCUT2D eigenvalue weighted by atomic mass is 16.4. The molecule has 1 heterocycles. The average molecular weight is 287 g/mol. The predicted octanol–water partition coefficient (Wildman–Crippen LogP) is 3.12. The van der Waals surface area contributed by atoms with Crippen LogP contribution in [0.4, 0.5) is 0 Å². The number of fused-ring (bicyclic) bond motifs is 3. The first-order valence-corrected chi connectivity index (χ1v) is 8.11. The molecule has 0 saturated carbocycles. The monoisotopic (exact) mass is 287 g/mol. The molecule has 2 aliphatic rings. The molecule has 0 aromatic heterocycles. The zero-order valence-electron chi connectivity index (χ0n) is 13.0. The Morgan fingerprint density at radius 2 is 2.14 bits per heavy atom. The number of hydrogen-bond donors (Lipinski definition) is 2. The van der Waals surface area contributed by atoms with Crippen LogP contribution in [-0.2, 0) is 16.6 Å². The van der Waals surface area contributed by atoms with Gasteiger partial charge in [-0.1, -0.05) is 31.2 Å². The molecule has 114 valence electrons. The Kier molecular flexibility index (Phi) is 3.56. The van der Waals surface area contributed by atoms with Crippen LogP contribution < -0.4 is 5.32 Å². The van der Waals surface area contributed by atoms with Gasteiger partial charge in [0.1, 0.15) is 0 Å². The highest BCUT2D eigenvalue weighted by Crippen LogP contribution is 2.54. The van der Waals surface area contributed by atoms with E-state index in [0.29, 0.717) is 6.42 Å². The number of aryl methyl sites for hydroxylation is 1. The summed E-state index contributed by atoms with van der Waals surface area (Å²) in [4.78, 5) is 12.0. The quantitative estimate of drug-likeness (QED) is 0.898. The van der Waals surface area contributed by atoms with Crippen molar-refractivity contribution in [3.63, 3.8) is 0 Å². The predicted molar refractivity (Wildman–Crippen MR) is 83.5 cm³/mol. The molecule has 1 fully saturated rings. The van der Waals surface area contributed by atoms with Gasteiger partial charge in [0.25, 0.3) is 0 Å². The molecule has 1 aromatic carbocycles. The maximum Gasteiger partial charge on any atom is 0.307 e. The normalized spacial score (nSPS) is 32.9. The van der Waals surface area contributed by atoms with Crippen molar-refractivity contribution in [3.05, 3.63) is 35.4 Å². The summed E-state index contributed by atoms with van der Waals surface area (Å²) in [6.07, 6.45) is 4.76. The van der Waals surface area contributed by atoms with Gasteiger partial charge in [0.15, 0.2) is 0 Å². The van der Waals surface area contributed by atoms with Crippen LogP contribution in [0.2, 0.25) is 0 Å². The first-order chi connectivity index (χ1) is 10.0. The molecule has 1 unspecified atom stereocenters. The van der Waals surface area contributed by atoms with Gasteiger partial charge in [-0.15, -0.1) is 0 Å². The van der Waals surface area contributed by atoms with E-state index in [1.807, 2.05) is 6.92 Å². The number of piperidine rings is 1. The molecule has 3 nitrogen and oxygen atoms in total. The molecule has 1 aliphatic heterocycles. The van der Waals surface area contributed by atoms with Crippen LogP contribution in [0.25, 0.3) is 0 Å². The second kappa shape index (κ2) is 5.13. The minimum atomic E-state index is -0.649. The van der Waals surface area contributed by atoms with Crippen molar-refractivity contribution < 1.29 is 9.90 Å². The van der Waals surface area contributed by atoms with Crippen LogP contribution in [0.15, 0.2) is 24.3 Å². The van der Waals surface area contributed by atoms with Gasteiger partial charge in [0.05, 0.1) is 5.92 Å². The summed E-state index contributed by atoms with van der Waals surface area (Å²) in [5.41, 5.74) is 2.23. The smallest absolute Gasteiger partial charge is 0.307 e. The van der Waals surface area contributed by atoms with E-state index in [-0.39, 0.29) is 16.9 Å². The first-order valence-electron chi connectivity index (χ1n) is 8.11. The minimum absolute atomic E-state index is 0.112. The van der Waals surface area contributed by atoms with E-state index in [2.05, 4.69) is 36.5 Å². The van der Waals surface area contributed by atoms with E-state index in [4.69, 9.17) is 0 Å². The number of benzene rings is 1. The Bertz CT molecular complexity index is 556. The van der Waals surface area contributed by atoms with E-state index in [0.717, 1.165) is 32.2 Å². The van der Waals surface area contributed by atoms with Gasteiger partial charge in [-0.2, -0.15) is 0 Å². The lowest BCUT2D eigenvalue weighted by atomic mass is 9.50. The molecule has 3 atom stereocenters. The third-order valence-electron chi connectivity index (χ3n) is 5.94. The summed E-state index contributed by atoms with van der Waals surface area (Å²) < 4.78 is 0. The molecular formula is C18H25NO2. The molecule has 3 rings (SSSR count). The summed E-state index contributed by atoms with van der Waals surface area (Å²) in [6, 6.07) is 8.49. The van der Waals surface area contributed by atoms with Crippen molar-refractivity contribution in [2.24, 2.45) is 5.92 Å². The summed E-state index contributed by atoms with van der Waals surface area (Å²) >= 11 is 0. The van der Waals surface area contributed by atoms with Gasteiger partial charge in [0, 0.05) is 11.0 Å². The molecule has 0 bridgehead atoms. The van der Waals surface area contributed by atoms with E-state index >= 15 is 0 Å². The molecule has 1 aromatic rings. The highest BCUT2D eigenvalue weighted by Gasteiger charge is 2.58. The molecule has 21 heavy (non-hydrogen) atoms. The zero-order valence-corrected chi connectivity index (χ0v) is 13.0. The molecule has 0 radical (unpaired) electrons. The van der Waals surface area contributed by atoms with Crippen molar-refractivity contribution >= 4 is 5.97 Å². The van der Waals surface area contributed by atoms with Crippen LogP contribution >= 0.6 is 0 Å². The van der Waals surface area contributed by atoms with E-state index < -0.39 is 5.97 Å². The topological polar surface area (TPSA) is 49.3 Å². The summed E-state index contributed by atoms with van der Waals surface area (Å²) in [5, 5.41) is 13.6. The molecule has 0 amide bonds. The number of carboxylic acids is 1. The van der Waals surface area contributed by atoms with Crippen molar-refractivity contribution in [3.8, 4) is 0 Å². The molecule has 1 saturated heterocycles. The van der Waals surface area contributed by atoms with Crippen molar-refractivity contribution in [2.75, 3.05) is 6.54 Å². The minimum Gasteiger partial charge on any atom is -0.481 e. The molecular weight excluding hydrogens is 262 g/mol. The van der Waals surface area contributed by atoms with E-state index in [1.165, 1.54) is 11.1 Å². The lowest BCUT2D eigenvalue weighted by Crippen LogP contribution is -2.68. The van der Waals surface area contributed by atoms with Crippen LogP contribution in [-0.4, -0.2) is 23.2 Å².